The topological polar surface area (TPSA) is 22.1 Å². The molecule has 0 amide bonds. The van der Waals surface area contributed by atoms with Gasteiger partial charge in [0.05, 0.1) is 11.4 Å². The highest BCUT2D eigenvalue weighted by atomic mass is 27.1. The Bertz CT molecular complexity index is 552. The van der Waals surface area contributed by atoms with Gasteiger partial charge in [-0.2, -0.15) is 0 Å². The summed E-state index contributed by atoms with van der Waals surface area (Å²) in [5.41, 5.74) is 2.28. The fraction of sp³-hybridized carbons (Fsp3) is 0.200. The van der Waals surface area contributed by atoms with Crippen LogP contribution >= 0.6 is 0 Å². The zero-order valence-electron chi connectivity index (χ0n) is 10.6. The standard InChI is InChI=1S/C15H15NO.Al/c1-11-7-6-10-14(16-11)15(2,3)12-8-4-5-9-13(12)17;/h1,4-10,17H,2-3H3;/q;+1/p-1. The minimum absolute atomic E-state index is 0.261. The highest BCUT2D eigenvalue weighted by molar-refractivity contribution is 6.00. The molecule has 4 radical (unpaired) electrons. The molecule has 18 heavy (non-hydrogen) atoms. The first-order valence-electron chi connectivity index (χ1n) is 5.75. The largest absolute Gasteiger partial charge is 0.653 e. The molecule has 1 heterocycles. The van der Waals surface area contributed by atoms with Crippen molar-refractivity contribution in [3.05, 3.63) is 66.3 Å². The number of rotatable bonds is 3. The second-order valence-electron chi connectivity index (χ2n) is 4.69. The maximum atomic E-state index is 5.76. The Balaban J connectivity index is 2.54. The molecule has 0 atom stereocenters. The lowest BCUT2D eigenvalue weighted by atomic mass is 9.80. The van der Waals surface area contributed by atoms with Gasteiger partial charge in [0, 0.05) is 23.6 Å². The van der Waals surface area contributed by atoms with Crippen molar-refractivity contribution in [2.75, 3.05) is 0 Å². The Hall–Kier alpha value is -1.30. The summed E-state index contributed by atoms with van der Waals surface area (Å²) in [6, 6.07) is 13.6. The Morgan fingerprint density at radius 2 is 1.83 bits per heavy atom. The molecule has 0 unspecified atom stereocenters. The van der Waals surface area contributed by atoms with Gasteiger partial charge in [-0.3, -0.25) is 4.98 Å². The predicted octanol–water partition coefficient (Wildman–Crippen LogP) is 2.93. The van der Waals surface area contributed by atoms with E-state index in [0.29, 0.717) is 5.69 Å². The van der Waals surface area contributed by atoms with E-state index in [4.69, 9.17) is 10.7 Å². The summed E-state index contributed by atoms with van der Waals surface area (Å²) in [6.07, 6.45) is 0. The Kier molecular flexibility index (Phi) is 3.75. The molecule has 0 fully saturated rings. The van der Waals surface area contributed by atoms with E-state index in [2.05, 4.69) is 35.5 Å². The van der Waals surface area contributed by atoms with Crippen LogP contribution in [0.5, 0.6) is 5.75 Å². The van der Waals surface area contributed by atoms with Gasteiger partial charge in [0.15, 0.2) is 0 Å². The van der Waals surface area contributed by atoms with Crippen LogP contribution in [0.25, 0.3) is 0 Å². The Labute approximate surface area is 117 Å². The van der Waals surface area contributed by atoms with E-state index in [-0.39, 0.29) is 5.41 Å². The molecule has 2 nitrogen and oxygen atoms in total. The average molecular weight is 251 g/mol. The predicted molar refractivity (Wildman–Crippen MR) is 72.6 cm³/mol. The summed E-state index contributed by atoms with van der Waals surface area (Å²) < 4.78 is 5.34. The van der Waals surface area contributed by atoms with Crippen LogP contribution in [0.1, 0.15) is 30.8 Å². The third-order valence-corrected chi connectivity index (χ3v) is 3.35. The molecular formula is C15H14AlNO. The summed E-state index contributed by atoms with van der Waals surface area (Å²) in [5, 5.41) is 0. The van der Waals surface area contributed by atoms with Crippen molar-refractivity contribution in [1.29, 1.82) is 0 Å². The monoisotopic (exact) mass is 251 g/mol. The molecular weight excluding hydrogens is 237 g/mol. The molecule has 1 aromatic heterocycles. The van der Waals surface area contributed by atoms with Gasteiger partial charge in [-0.25, -0.2) is 0 Å². The van der Waals surface area contributed by atoms with E-state index in [9.17, 15) is 0 Å². The molecule has 2 rings (SSSR count). The number of hydrogen-bond donors (Lipinski definition) is 0. The van der Waals surface area contributed by atoms with Crippen LogP contribution in [0.4, 0.5) is 0 Å². The SMILES string of the molecule is [CH]c1cccc(C(C)(C)c2ccccc2[O][Al])n1. The maximum Gasteiger partial charge on any atom is 0.482 e. The molecule has 0 N–H and O–H groups in total. The van der Waals surface area contributed by atoms with Gasteiger partial charge in [-0.05, 0) is 18.2 Å². The molecule has 0 spiro atoms. The summed E-state index contributed by atoms with van der Waals surface area (Å²) in [7, 11) is 0. The molecule has 0 aliphatic carbocycles. The van der Waals surface area contributed by atoms with Crippen molar-refractivity contribution in [3.8, 4) is 5.75 Å². The van der Waals surface area contributed by atoms with Gasteiger partial charge in [0.25, 0.3) is 0 Å². The minimum atomic E-state index is -0.261. The van der Waals surface area contributed by atoms with Crippen molar-refractivity contribution >= 4 is 16.6 Å². The Morgan fingerprint density at radius 1 is 1.11 bits per heavy atom. The van der Waals surface area contributed by atoms with Crippen molar-refractivity contribution in [3.63, 3.8) is 0 Å². The normalized spacial score (nSPS) is 11.3. The zero-order chi connectivity index (χ0) is 13.2. The number of nitrogens with zero attached hydrogens (tertiary/aromatic N) is 1. The number of hydrogen-bond acceptors (Lipinski definition) is 2. The first-order valence-corrected chi connectivity index (χ1v) is 6.22. The lowest BCUT2D eigenvalue weighted by molar-refractivity contribution is 0.550. The van der Waals surface area contributed by atoms with Gasteiger partial charge in [-0.1, -0.05) is 38.1 Å². The van der Waals surface area contributed by atoms with E-state index >= 15 is 0 Å². The van der Waals surface area contributed by atoms with Gasteiger partial charge >= 0.3 is 16.6 Å². The van der Waals surface area contributed by atoms with Gasteiger partial charge in [0.2, 0.25) is 0 Å². The average Bonchev–Trinajstić information content (AvgIpc) is 2.38. The van der Waals surface area contributed by atoms with Crippen molar-refractivity contribution in [2.45, 2.75) is 19.3 Å². The fourth-order valence-electron chi connectivity index (χ4n) is 2.02. The van der Waals surface area contributed by atoms with E-state index < -0.39 is 0 Å². The lowest BCUT2D eigenvalue weighted by Crippen LogP contribution is -2.21. The van der Waals surface area contributed by atoms with Gasteiger partial charge in [-0.15, -0.1) is 0 Å². The molecule has 0 saturated carbocycles. The third kappa shape index (κ3) is 2.43. The van der Waals surface area contributed by atoms with Crippen LogP contribution < -0.4 is 3.79 Å². The summed E-state index contributed by atoms with van der Waals surface area (Å²) in [4.78, 5) is 4.41. The van der Waals surface area contributed by atoms with Crippen LogP contribution in [-0.2, 0) is 5.41 Å². The van der Waals surface area contributed by atoms with Crippen LogP contribution in [0.3, 0.4) is 0 Å². The van der Waals surface area contributed by atoms with E-state index in [1.54, 1.807) is 6.07 Å². The quantitative estimate of drug-likeness (QED) is 0.782. The van der Waals surface area contributed by atoms with Crippen molar-refractivity contribution in [2.24, 2.45) is 0 Å². The van der Waals surface area contributed by atoms with Gasteiger partial charge in [0.1, 0.15) is 0 Å². The number of aromatic nitrogens is 1. The molecule has 88 valence electrons. The molecule has 3 heteroatoms. The molecule has 0 aliphatic rings. The van der Waals surface area contributed by atoms with Gasteiger partial charge < -0.3 is 3.79 Å². The maximum absolute atomic E-state index is 5.76. The van der Waals surface area contributed by atoms with Crippen molar-refractivity contribution in [1.82, 2.24) is 4.98 Å². The highest BCUT2D eigenvalue weighted by Crippen LogP contribution is 2.35. The smallest absolute Gasteiger partial charge is 0.482 e. The molecule has 2 aromatic rings. The first kappa shape index (κ1) is 13.1. The molecule has 1 aromatic carbocycles. The number of para-hydroxylation sites is 1. The van der Waals surface area contributed by atoms with Crippen LogP contribution in [0, 0.1) is 6.92 Å². The molecule has 0 bridgehead atoms. The lowest BCUT2D eigenvalue weighted by Gasteiger charge is -2.27. The number of pyridine rings is 1. The molecule has 0 saturated heterocycles. The summed E-state index contributed by atoms with van der Waals surface area (Å²) in [5.74, 6) is 0.830. The zero-order valence-corrected chi connectivity index (χ0v) is 11.7. The third-order valence-electron chi connectivity index (χ3n) is 3.10. The van der Waals surface area contributed by atoms with E-state index in [1.165, 1.54) is 0 Å². The minimum Gasteiger partial charge on any atom is -0.653 e. The second kappa shape index (κ2) is 5.14. The summed E-state index contributed by atoms with van der Waals surface area (Å²) in [6.45, 7) is 9.97. The molecule has 0 aliphatic heterocycles. The Morgan fingerprint density at radius 3 is 2.50 bits per heavy atom. The van der Waals surface area contributed by atoms with Crippen LogP contribution in [0.2, 0.25) is 0 Å². The number of benzene rings is 1. The fourth-order valence-corrected chi connectivity index (χ4v) is 2.23. The summed E-state index contributed by atoms with van der Waals surface area (Å²) >= 11 is 2.29. The van der Waals surface area contributed by atoms with E-state index in [1.807, 2.05) is 36.4 Å². The first-order chi connectivity index (χ1) is 8.55. The van der Waals surface area contributed by atoms with Crippen molar-refractivity contribution < 1.29 is 3.79 Å². The van der Waals surface area contributed by atoms with E-state index in [0.717, 1.165) is 17.0 Å². The van der Waals surface area contributed by atoms with Crippen LogP contribution in [-0.4, -0.2) is 21.6 Å². The van der Waals surface area contributed by atoms with Crippen LogP contribution in [0.15, 0.2) is 42.5 Å². The highest BCUT2D eigenvalue weighted by Gasteiger charge is 2.27. The second-order valence-corrected chi connectivity index (χ2v) is 4.92.